The lowest BCUT2D eigenvalue weighted by atomic mass is 9.94. The molecule has 0 aliphatic carbocycles. The van der Waals surface area contributed by atoms with E-state index >= 15 is 0 Å². The molecule has 186 valence electrons. The van der Waals surface area contributed by atoms with E-state index in [1.807, 2.05) is 0 Å². The van der Waals surface area contributed by atoms with E-state index in [0.717, 1.165) is 29.2 Å². The van der Waals surface area contributed by atoms with Crippen molar-refractivity contribution in [1.29, 1.82) is 0 Å². The highest BCUT2D eigenvalue weighted by Gasteiger charge is 2.47. The van der Waals surface area contributed by atoms with E-state index < -0.39 is 35.2 Å². The maximum absolute atomic E-state index is 13.2. The number of ketones is 1. The van der Waals surface area contributed by atoms with Crippen LogP contribution >= 0.6 is 0 Å². The Bertz CT molecular complexity index is 1360. The maximum atomic E-state index is 13.2. The van der Waals surface area contributed by atoms with Gasteiger partial charge in [0, 0.05) is 11.8 Å². The molecule has 3 aromatic carbocycles. The number of phenols is 1. The first-order valence-corrected chi connectivity index (χ1v) is 10.6. The van der Waals surface area contributed by atoms with Gasteiger partial charge in [0.1, 0.15) is 23.0 Å². The molecule has 1 saturated heterocycles. The molecule has 0 aromatic heterocycles. The van der Waals surface area contributed by atoms with Crippen molar-refractivity contribution in [1.82, 2.24) is 0 Å². The van der Waals surface area contributed by atoms with Gasteiger partial charge in [-0.3, -0.25) is 14.5 Å². The second-order valence-corrected chi connectivity index (χ2v) is 7.87. The summed E-state index contributed by atoms with van der Waals surface area (Å²) >= 11 is 0. The topological polar surface area (TPSA) is 96.3 Å². The first-order valence-electron chi connectivity index (χ1n) is 10.6. The van der Waals surface area contributed by atoms with Crippen LogP contribution in [0.2, 0.25) is 0 Å². The fourth-order valence-electron chi connectivity index (χ4n) is 4.06. The monoisotopic (exact) mass is 499 g/mol. The molecule has 1 amide bonds. The predicted molar refractivity (Wildman–Crippen MR) is 124 cm³/mol. The molecule has 36 heavy (non-hydrogen) atoms. The van der Waals surface area contributed by atoms with Crippen molar-refractivity contribution >= 4 is 23.1 Å². The summed E-state index contributed by atoms with van der Waals surface area (Å²) in [5.74, 6) is -2.28. The number of hydrogen-bond acceptors (Lipinski definition) is 6. The zero-order chi connectivity index (χ0) is 26.2. The van der Waals surface area contributed by atoms with E-state index in [9.17, 15) is 33.0 Å². The Hall–Kier alpha value is -4.47. The summed E-state index contributed by atoms with van der Waals surface area (Å²) in [6.45, 7) is 0. The molecule has 0 radical (unpaired) electrons. The fraction of sp³-hybridized carbons (Fsp3) is 0.154. The number of ether oxygens (including phenoxy) is 2. The predicted octanol–water partition coefficient (Wildman–Crippen LogP) is 5.05. The molecule has 1 fully saturated rings. The lowest BCUT2D eigenvalue weighted by molar-refractivity contribution is -0.137. The highest BCUT2D eigenvalue weighted by Crippen LogP contribution is 2.44. The SMILES string of the molecule is COc1ccc(/C(O)=C2/C(=O)C(=O)N(c3ccc(C(F)(F)F)cc3)C2c2cccc(O)c2)c(OC)c1. The third kappa shape index (κ3) is 4.33. The minimum absolute atomic E-state index is 0.000751. The number of aliphatic hydroxyl groups excluding tert-OH is 1. The molecule has 1 atom stereocenters. The van der Waals surface area contributed by atoms with Crippen LogP contribution < -0.4 is 14.4 Å². The number of amides is 1. The second-order valence-electron chi connectivity index (χ2n) is 7.87. The maximum Gasteiger partial charge on any atom is 0.416 e. The summed E-state index contributed by atoms with van der Waals surface area (Å²) in [6, 6.07) is 12.6. The van der Waals surface area contributed by atoms with Crippen LogP contribution in [0, 0.1) is 0 Å². The number of nitrogens with zero attached hydrogens (tertiary/aromatic N) is 1. The van der Waals surface area contributed by atoms with Crippen LogP contribution in [0.4, 0.5) is 18.9 Å². The number of hydrogen-bond donors (Lipinski definition) is 2. The highest BCUT2D eigenvalue weighted by atomic mass is 19.4. The summed E-state index contributed by atoms with van der Waals surface area (Å²) in [4.78, 5) is 27.3. The lowest BCUT2D eigenvalue weighted by Crippen LogP contribution is -2.29. The first kappa shape index (κ1) is 24.6. The van der Waals surface area contributed by atoms with E-state index in [0.29, 0.717) is 5.75 Å². The van der Waals surface area contributed by atoms with Gasteiger partial charge in [-0.1, -0.05) is 12.1 Å². The van der Waals surface area contributed by atoms with Crippen molar-refractivity contribution in [3.05, 3.63) is 89.0 Å². The Kier molecular flexibility index (Phi) is 6.36. The van der Waals surface area contributed by atoms with Crippen LogP contribution in [0.3, 0.4) is 0 Å². The molecule has 1 unspecified atom stereocenters. The van der Waals surface area contributed by atoms with Crippen LogP contribution in [0.15, 0.2) is 72.3 Å². The molecule has 2 N–H and O–H groups in total. The van der Waals surface area contributed by atoms with E-state index in [1.165, 1.54) is 56.7 Å². The normalized spacial score (nSPS) is 17.4. The van der Waals surface area contributed by atoms with E-state index in [2.05, 4.69) is 0 Å². The summed E-state index contributed by atoms with van der Waals surface area (Å²) in [7, 11) is 2.78. The van der Waals surface area contributed by atoms with E-state index in [1.54, 1.807) is 0 Å². The van der Waals surface area contributed by atoms with Crippen molar-refractivity contribution in [2.75, 3.05) is 19.1 Å². The van der Waals surface area contributed by atoms with Crippen molar-refractivity contribution in [3.63, 3.8) is 0 Å². The fourth-order valence-corrected chi connectivity index (χ4v) is 4.06. The van der Waals surface area contributed by atoms with Crippen LogP contribution in [0.5, 0.6) is 17.2 Å². The summed E-state index contributed by atoms with van der Waals surface area (Å²) in [5.41, 5.74) is -0.912. The molecular formula is C26H20F3NO6. The van der Waals surface area contributed by atoms with Gasteiger partial charge in [0.25, 0.3) is 11.7 Å². The minimum Gasteiger partial charge on any atom is -0.508 e. The van der Waals surface area contributed by atoms with Gasteiger partial charge in [-0.15, -0.1) is 0 Å². The van der Waals surface area contributed by atoms with Crippen molar-refractivity contribution in [2.24, 2.45) is 0 Å². The van der Waals surface area contributed by atoms with Crippen LogP contribution in [0.25, 0.3) is 5.76 Å². The number of alkyl halides is 3. The Morgan fingerprint density at radius 2 is 1.64 bits per heavy atom. The zero-order valence-corrected chi connectivity index (χ0v) is 19.0. The largest absolute Gasteiger partial charge is 0.508 e. The summed E-state index contributed by atoms with van der Waals surface area (Å²) in [5, 5.41) is 21.3. The summed E-state index contributed by atoms with van der Waals surface area (Å²) in [6.07, 6.45) is -4.60. The van der Waals surface area contributed by atoms with Crippen molar-refractivity contribution in [3.8, 4) is 17.2 Å². The molecule has 1 aliphatic rings. The first-order chi connectivity index (χ1) is 17.1. The van der Waals surface area contributed by atoms with Gasteiger partial charge in [0.15, 0.2) is 0 Å². The number of aromatic hydroxyl groups is 1. The van der Waals surface area contributed by atoms with Crippen LogP contribution in [0.1, 0.15) is 22.7 Å². The number of carbonyl (C=O) groups excluding carboxylic acids is 2. The number of phenolic OH excluding ortho intramolecular Hbond substituents is 1. The lowest BCUT2D eigenvalue weighted by Gasteiger charge is -2.26. The second kappa shape index (κ2) is 9.29. The molecule has 7 nitrogen and oxygen atoms in total. The van der Waals surface area contributed by atoms with Gasteiger partial charge >= 0.3 is 6.18 Å². The van der Waals surface area contributed by atoms with Crippen LogP contribution in [-0.2, 0) is 15.8 Å². The number of Topliss-reactive ketones (excluding diaryl/α,β-unsaturated/α-hetero) is 1. The Balaban J connectivity index is 1.94. The quantitative estimate of drug-likeness (QED) is 0.290. The number of anilines is 1. The number of rotatable bonds is 5. The molecule has 4 rings (SSSR count). The third-order valence-corrected chi connectivity index (χ3v) is 5.77. The Labute approximate surface area is 203 Å². The molecule has 0 saturated carbocycles. The standard InChI is InChI=1S/C26H20F3NO6/c1-35-18-10-11-19(20(13-18)36-2)23(32)21-22(14-4-3-5-17(31)12-14)30(25(34)24(21)33)16-8-6-15(7-9-16)26(27,28)29/h3-13,22,31-32H,1-2H3/b23-21-. The number of benzene rings is 3. The van der Waals surface area contributed by atoms with Gasteiger partial charge in [-0.25, -0.2) is 0 Å². The number of aliphatic hydroxyl groups is 1. The molecular weight excluding hydrogens is 479 g/mol. The molecule has 3 aromatic rings. The van der Waals surface area contributed by atoms with E-state index in [-0.39, 0.29) is 33.9 Å². The van der Waals surface area contributed by atoms with Crippen LogP contribution in [-0.4, -0.2) is 36.1 Å². The van der Waals surface area contributed by atoms with Crippen molar-refractivity contribution < 1.29 is 42.4 Å². The molecule has 1 aliphatic heterocycles. The Morgan fingerprint density at radius 3 is 2.22 bits per heavy atom. The number of carbonyl (C=O) groups is 2. The van der Waals surface area contributed by atoms with Crippen molar-refractivity contribution in [2.45, 2.75) is 12.2 Å². The smallest absolute Gasteiger partial charge is 0.416 e. The highest BCUT2D eigenvalue weighted by molar-refractivity contribution is 6.51. The minimum atomic E-state index is -4.60. The van der Waals surface area contributed by atoms with Gasteiger partial charge in [0.05, 0.1) is 37.0 Å². The third-order valence-electron chi connectivity index (χ3n) is 5.77. The molecule has 10 heteroatoms. The average molecular weight is 499 g/mol. The van der Waals surface area contributed by atoms with E-state index in [4.69, 9.17) is 9.47 Å². The number of methoxy groups -OCH3 is 2. The number of halogens is 3. The molecule has 0 spiro atoms. The van der Waals surface area contributed by atoms with Gasteiger partial charge < -0.3 is 19.7 Å². The molecule has 0 bridgehead atoms. The van der Waals surface area contributed by atoms with Gasteiger partial charge in [-0.05, 0) is 54.1 Å². The average Bonchev–Trinajstić information content (AvgIpc) is 3.13. The summed E-state index contributed by atoms with van der Waals surface area (Å²) < 4.78 is 49.7. The zero-order valence-electron chi connectivity index (χ0n) is 19.0. The Morgan fingerprint density at radius 1 is 0.944 bits per heavy atom. The molecule has 1 heterocycles. The van der Waals surface area contributed by atoms with Gasteiger partial charge in [-0.2, -0.15) is 13.2 Å². The van der Waals surface area contributed by atoms with Gasteiger partial charge in [0.2, 0.25) is 0 Å².